The monoisotopic (exact) mass is 481 g/mol. The molecule has 0 fully saturated rings. The minimum atomic E-state index is -3.76. The van der Waals surface area contributed by atoms with E-state index in [0.29, 0.717) is 5.56 Å². The van der Waals surface area contributed by atoms with Gasteiger partial charge in [0.25, 0.3) is 10.0 Å². The molecule has 0 amide bonds. The molecule has 13 heteroatoms. The highest BCUT2D eigenvalue weighted by molar-refractivity contribution is 7.90. The number of nitrogens with zero attached hydrogens (tertiary/aromatic N) is 1. The van der Waals surface area contributed by atoms with Gasteiger partial charge in [0.05, 0.1) is 19.1 Å². The molecule has 0 aliphatic carbocycles. The number of nitrogen functional groups attached to an aromatic ring is 1. The summed E-state index contributed by atoms with van der Waals surface area (Å²) in [6, 6.07) is 5.10. The lowest BCUT2D eigenvalue weighted by atomic mass is 10.1. The van der Waals surface area contributed by atoms with E-state index in [2.05, 4.69) is 14.5 Å². The Morgan fingerprint density at radius 2 is 1.81 bits per heavy atom. The lowest BCUT2D eigenvalue weighted by Gasteiger charge is -2.11. The summed E-state index contributed by atoms with van der Waals surface area (Å²) in [5, 5.41) is 0.00793. The molecule has 3 rings (SSSR count). The predicted octanol–water partition coefficient (Wildman–Crippen LogP) is 1.07. The Bertz CT molecular complexity index is 1230. The number of aliphatic imine (C=N–C) groups is 1. The molecular weight excluding hydrogens is 462 g/mol. The molecular formula is C19H19N3O8S2. The first kappa shape index (κ1) is 23.2. The molecule has 2 aromatic rings. The molecule has 0 radical (unpaired) electrons. The fourth-order valence-corrected chi connectivity index (χ4v) is 5.16. The van der Waals surface area contributed by atoms with Crippen LogP contribution in [0, 0.1) is 0 Å². The number of nitrogens with one attached hydrogen (secondary N) is 1. The molecule has 11 nitrogen and oxygen atoms in total. The van der Waals surface area contributed by atoms with Gasteiger partial charge in [-0.3, -0.25) is 9.71 Å². The van der Waals surface area contributed by atoms with E-state index >= 15 is 0 Å². The van der Waals surface area contributed by atoms with Crippen LogP contribution in [-0.4, -0.2) is 52.4 Å². The molecule has 0 saturated carbocycles. The highest BCUT2D eigenvalue weighted by Gasteiger charge is 2.32. The Morgan fingerprint density at radius 1 is 1.16 bits per heavy atom. The summed E-state index contributed by atoms with van der Waals surface area (Å²) in [4.78, 5) is 40.8. The first-order chi connectivity index (χ1) is 15.1. The average Bonchev–Trinajstić information content (AvgIpc) is 3.24. The lowest BCUT2D eigenvalue weighted by molar-refractivity contribution is -0.146. The minimum Gasteiger partial charge on any atom is -0.465 e. The zero-order valence-corrected chi connectivity index (χ0v) is 18.8. The molecule has 1 aliphatic rings. The van der Waals surface area contributed by atoms with Gasteiger partial charge in [0.1, 0.15) is 33.9 Å². The second kappa shape index (κ2) is 8.96. The van der Waals surface area contributed by atoms with Crippen molar-refractivity contribution in [3.63, 3.8) is 0 Å². The van der Waals surface area contributed by atoms with Crippen LogP contribution in [0.1, 0.15) is 38.1 Å². The highest BCUT2D eigenvalue weighted by atomic mass is 32.2. The van der Waals surface area contributed by atoms with Crippen molar-refractivity contribution in [2.45, 2.75) is 24.5 Å². The third kappa shape index (κ3) is 4.29. The van der Waals surface area contributed by atoms with E-state index in [1.54, 1.807) is 18.2 Å². The molecule has 0 spiro atoms. The molecule has 32 heavy (non-hydrogen) atoms. The number of fused-ring (bicyclic) bond motifs is 1. The number of hydrogen-bond acceptors (Lipinski definition) is 11. The Kier molecular flexibility index (Phi) is 6.50. The van der Waals surface area contributed by atoms with Crippen LogP contribution >= 0.6 is 11.3 Å². The van der Waals surface area contributed by atoms with Crippen LogP contribution in [0.3, 0.4) is 0 Å². The normalized spacial score (nSPS) is 16.0. The summed E-state index contributed by atoms with van der Waals surface area (Å²) in [6.45, 7) is 0.938. The summed E-state index contributed by atoms with van der Waals surface area (Å²) in [5.74, 6) is -2.37. The van der Waals surface area contributed by atoms with Crippen LogP contribution in [-0.2, 0) is 35.6 Å². The van der Waals surface area contributed by atoms with Crippen molar-refractivity contribution in [2.75, 3.05) is 20.0 Å². The maximum absolute atomic E-state index is 12.5. The molecule has 3 N–H and O–H groups in total. The highest BCUT2D eigenvalue weighted by Crippen LogP contribution is 2.33. The van der Waals surface area contributed by atoms with E-state index in [1.165, 1.54) is 13.0 Å². The van der Waals surface area contributed by atoms with E-state index in [9.17, 15) is 22.8 Å². The van der Waals surface area contributed by atoms with E-state index in [1.807, 2.05) is 0 Å². The second-order valence-corrected chi connectivity index (χ2v) is 9.20. The van der Waals surface area contributed by atoms with Crippen molar-refractivity contribution in [3.05, 3.63) is 45.8 Å². The predicted molar refractivity (Wildman–Crippen MR) is 114 cm³/mol. The number of carbonyl (C=O) groups excluding carboxylic acids is 3. The summed E-state index contributed by atoms with van der Waals surface area (Å²) in [5.41, 5.74) is 6.12. The molecule has 1 atom stereocenters. The van der Waals surface area contributed by atoms with Crippen molar-refractivity contribution >= 4 is 50.1 Å². The number of amidine groups is 1. The number of rotatable bonds is 6. The van der Waals surface area contributed by atoms with Gasteiger partial charge in [0.15, 0.2) is 0 Å². The molecule has 1 aliphatic heterocycles. The Balaban J connectivity index is 1.83. The quantitative estimate of drug-likeness (QED) is 0.454. The van der Waals surface area contributed by atoms with Crippen molar-refractivity contribution in [1.82, 2.24) is 4.72 Å². The SMILES string of the molecule is COC(=O)c1sc(N)c(C(=O)OC)c1COC(=O)[C@H](C)N=C1NS(=O)(=O)c2ccccc21. The lowest BCUT2D eigenvalue weighted by Crippen LogP contribution is -2.27. The van der Waals surface area contributed by atoms with Gasteiger partial charge in [-0.15, -0.1) is 11.3 Å². The molecule has 1 aromatic carbocycles. The first-order valence-corrected chi connectivity index (χ1v) is 11.3. The van der Waals surface area contributed by atoms with Crippen LogP contribution in [0.4, 0.5) is 5.00 Å². The number of sulfonamides is 1. The Labute approximate surface area is 187 Å². The minimum absolute atomic E-state index is 0.00496. The largest absolute Gasteiger partial charge is 0.465 e. The van der Waals surface area contributed by atoms with Gasteiger partial charge in [-0.25, -0.2) is 22.8 Å². The summed E-state index contributed by atoms with van der Waals surface area (Å²) >= 11 is 0.802. The molecule has 2 heterocycles. The van der Waals surface area contributed by atoms with Crippen LogP contribution in [0.25, 0.3) is 0 Å². The van der Waals surface area contributed by atoms with E-state index in [0.717, 1.165) is 25.6 Å². The van der Waals surface area contributed by atoms with Crippen LogP contribution in [0.5, 0.6) is 0 Å². The topological polar surface area (TPSA) is 163 Å². The van der Waals surface area contributed by atoms with Gasteiger partial charge in [0, 0.05) is 11.1 Å². The van der Waals surface area contributed by atoms with Gasteiger partial charge >= 0.3 is 17.9 Å². The van der Waals surface area contributed by atoms with Crippen molar-refractivity contribution < 1.29 is 37.0 Å². The average molecular weight is 482 g/mol. The summed E-state index contributed by atoms with van der Waals surface area (Å²) in [7, 11) is -1.46. The van der Waals surface area contributed by atoms with Crippen molar-refractivity contribution in [1.29, 1.82) is 0 Å². The maximum Gasteiger partial charge on any atom is 0.348 e. The number of ether oxygens (including phenoxy) is 3. The van der Waals surface area contributed by atoms with E-state index in [-0.39, 0.29) is 31.7 Å². The first-order valence-electron chi connectivity index (χ1n) is 9.05. The molecule has 0 unspecified atom stereocenters. The zero-order valence-electron chi connectivity index (χ0n) is 17.2. The maximum atomic E-state index is 12.5. The van der Waals surface area contributed by atoms with Crippen molar-refractivity contribution in [2.24, 2.45) is 4.99 Å². The van der Waals surface area contributed by atoms with Crippen molar-refractivity contribution in [3.8, 4) is 0 Å². The van der Waals surface area contributed by atoms with Gasteiger partial charge in [-0.05, 0) is 19.1 Å². The molecule has 1 aromatic heterocycles. The number of thiophene rings is 1. The van der Waals surface area contributed by atoms with Crippen LogP contribution < -0.4 is 10.5 Å². The molecule has 170 valence electrons. The number of anilines is 1. The fraction of sp³-hybridized carbons (Fsp3) is 0.263. The van der Waals surface area contributed by atoms with Crippen LogP contribution in [0.15, 0.2) is 34.2 Å². The third-order valence-corrected chi connectivity index (χ3v) is 6.92. The second-order valence-electron chi connectivity index (χ2n) is 6.50. The van der Waals surface area contributed by atoms with Gasteiger partial charge < -0.3 is 19.9 Å². The Morgan fingerprint density at radius 3 is 2.47 bits per heavy atom. The number of hydrogen-bond donors (Lipinski definition) is 2. The number of carbonyl (C=O) groups is 3. The number of nitrogens with two attached hydrogens (primary N) is 1. The van der Waals surface area contributed by atoms with Gasteiger partial charge in [0.2, 0.25) is 0 Å². The van der Waals surface area contributed by atoms with Gasteiger partial charge in [-0.1, -0.05) is 12.1 Å². The summed E-state index contributed by atoms with van der Waals surface area (Å²) < 4.78 is 41.3. The number of methoxy groups -OCH3 is 2. The Hall–Kier alpha value is -3.45. The zero-order chi connectivity index (χ0) is 23.6. The standard InChI is InChI=1S/C19H19N3O8S2/c1-9(21-16-10-6-4-5-7-12(10)32(26,27)22-16)17(23)30-8-11-13(18(24)28-2)15(20)31-14(11)19(25)29-3/h4-7,9H,8,20H2,1-3H3,(H,21,22)/t9-/m0/s1. The number of esters is 3. The smallest absolute Gasteiger partial charge is 0.348 e. The third-order valence-electron chi connectivity index (χ3n) is 4.48. The summed E-state index contributed by atoms with van der Waals surface area (Å²) in [6.07, 6.45) is 0. The van der Waals surface area contributed by atoms with Crippen LogP contribution in [0.2, 0.25) is 0 Å². The number of benzene rings is 1. The van der Waals surface area contributed by atoms with E-state index in [4.69, 9.17) is 15.2 Å². The van der Waals surface area contributed by atoms with E-state index < -0.39 is 40.6 Å². The fourth-order valence-electron chi connectivity index (χ4n) is 2.95. The van der Waals surface area contributed by atoms with Gasteiger partial charge in [-0.2, -0.15) is 0 Å². The molecule has 0 bridgehead atoms. The molecule has 0 saturated heterocycles.